The number of hydrogen-bond donors (Lipinski definition) is 0. The van der Waals surface area contributed by atoms with Gasteiger partial charge in [-0.3, -0.25) is 0 Å². The van der Waals surface area contributed by atoms with E-state index in [1.165, 1.54) is 0 Å². The van der Waals surface area contributed by atoms with Crippen molar-refractivity contribution in [2.24, 2.45) is 0 Å². The minimum Gasteiger partial charge on any atom is -0.404 e. The summed E-state index contributed by atoms with van der Waals surface area (Å²) in [5, 5.41) is 0. The second-order valence-corrected chi connectivity index (χ2v) is 5.23. The summed E-state index contributed by atoms with van der Waals surface area (Å²) in [6.07, 6.45) is 3.53. The first-order chi connectivity index (χ1) is 9.14. The van der Waals surface area contributed by atoms with Crippen LogP contribution in [0.1, 0.15) is 13.8 Å². The van der Waals surface area contributed by atoms with Crippen LogP contribution < -0.4 is 5.46 Å². The van der Waals surface area contributed by atoms with E-state index in [4.69, 9.17) is 9.31 Å². The Hall–Kier alpha value is -1.72. The quantitative estimate of drug-likeness (QED) is 0.764. The Labute approximate surface area is 113 Å². The molecule has 1 aromatic carbocycles. The maximum absolute atomic E-state index is 5.78. The largest absolute Gasteiger partial charge is 0.497 e. The fourth-order valence-corrected chi connectivity index (χ4v) is 1.99. The zero-order valence-corrected chi connectivity index (χ0v) is 11.0. The zero-order chi connectivity index (χ0) is 13.3. The maximum atomic E-state index is 5.78. The molecule has 1 aliphatic heterocycles. The third-order valence-electron chi connectivity index (χ3n) is 2.98. The maximum Gasteiger partial charge on any atom is 0.497 e. The molecular weight excluding hydrogens is 239 g/mol. The smallest absolute Gasteiger partial charge is 0.404 e. The van der Waals surface area contributed by atoms with Gasteiger partial charge in [0.05, 0.1) is 12.2 Å². The molecule has 1 aromatic heterocycles. The molecule has 19 heavy (non-hydrogen) atoms. The number of rotatable bonds is 2. The van der Waals surface area contributed by atoms with Gasteiger partial charge >= 0.3 is 7.12 Å². The molecule has 0 atom stereocenters. The van der Waals surface area contributed by atoms with Crippen molar-refractivity contribution in [3.8, 4) is 11.4 Å². The van der Waals surface area contributed by atoms with Crippen molar-refractivity contribution in [2.75, 3.05) is 6.61 Å². The first-order valence-electron chi connectivity index (χ1n) is 6.31. The first-order valence-corrected chi connectivity index (χ1v) is 6.31. The SMILES string of the molecule is CC1(C)COB(c2cnc(-c3ccccc3)nc2)O1. The van der Waals surface area contributed by atoms with E-state index in [0.29, 0.717) is 12.4 Å². The van der Waals surface area contributed by atoms with E-state index in [1.54, 1.807) is 12.4 Å². The van der Waals surface area contributed by atoms with Crippen LogP contribution in [0.25, 0.3) is 11.4 Å². The summed E-state index contributed by atoms with van der Waals surface area (Å²) >= 11 is 0. The van der Waals surface area contributed by atoms with Gasteiger partial charge in [0.15, 0.2) is 5.82 Å². The first kappa shape index (κ1) is 12.3. The lowest BCUT2D eigenvalue weighted by molar-refractivity contribution is 0.137. The monoisotopic (exact) mass is 254 g/mol. The molecule has 96 valence electrons. The average Bonchev–Trinajstić information content (AvgIpc) is 2.80. The normalized spacial score (nSPS) is 17.7. The van der Waals surface area contributed by atoms with Gasteiger partial charge in [0, 0.05) is 23.4 Å². The van der Waals surface area contributed by atoms with Crippen LogP contribution in [0, 0.1) is 0 Å². The van der Waals surface area contributed by atoms with Crippen molar-refractivity contribution in [1.82, 2.24) is 9.97 Å². The Kier molecular flexibility index (Phi) is 3.08. The molecule has 0 N–H and O–H groups in total. The Morgan fingerprint density at radius 3 is 2.37 bits per heavy atom. The van der Waals surface area contributed by atoms with Gasteiger partial charge in [0.25, 0.3) is 0 Å². The van der Waals surface area contributed by atoms with Gasteiger partial charge in [-0.05, 0) is 13.8 Å². The highest BCUT2D eigenvalue weighted by Gasteiger charge is 2.38. The van der Waals surface area contributed by atoms with Crippen molar-refractivity contribution in [1.29, 1.82) is 0 Å². The standard InChI is InChI=1S/C14H15BN2O2/c1-14(2)10-18-15(19-14)12-8-16-13(17-9-12)11-6-4-3-5-7-11/h3-9H,10H2,1-2H3. The molecule has 3 rings (SSSR count). The lowest BCUT2D eigenvalue weighted by atomic mass is 9.81. The second kappa shape index (κ2) is 4.76. The molecular formula is C14H15BN2O2. The lowest BCUT2D eigenvalue weighted by Crippen LogP contribution is -2.35. The highest BCUT2D eigenvalue weighted by atomic mass is 16.7. The van der Waals surface area contributed by atoms with Gasteiger partial charge in [-0.2, -0.15) is 0 Å². The average molecular weight is 254 g/mol. The zero-order valence-electron chi connectivity index (χ0n) is 11.0. The van der Waals surface area contributed by atoms with E-state index >= 15 is 0 Å². The van der Waals surface area contributed by atoms with Crippen molar-refractivity contribution >= 4 is 12.6 Å². The highest BCUT2D eigenvalue weighted by molar-refractivity contribution is 6.61. The van der Waals surface area contributed by atoms with E-state index < -0.39 is 0 Å². The Balaban J connectivity index is 1.80. The van der Waals surface area contributed by atoms with Crippen molar-refractivity contribution < 1.29 is 9.31 Å². The third-order valence-corrected chi connectivity index (χ3v) is 2.98. The summed E-state index contributed by atoms with van der Waals surface area (Å²) < 4.78 is 11.4. The van der Waals surface area contributed by atoms with Crippen molar-refractivity contribution in [3.63, 3.8) is 0 Å². The molecule has 5 heteroatoms. The Morgan fingerprint density at radius 1 is 1.11 bits per heavy atom. The Morgan fingerprint density at radius 2 is 1.79 bits per heavy atom. The molecule has 0 spiro atoms. The fourth-order valence-electron chi connectivity index (χ4n) is 1.99. The number of aromatic nitrogens is 2. The van der Waals surface area contributed by atoms with Crippen LogP contribution >= 0.6 is 0 Å². The predicted octanol–water partition coefficient (Wildman–Crippen LogP) is 1.66. The van der Waals surface area contributed by atoms with Crippen LogP contribution in [0.3, 0.4) is 0 Å². The minimum atomic E-state index is -0.361. The summed E-state index contributed by atoms with van der Waals surface area (Å²) in [4.78, 5) is 8.74. The summed E-state index contributed by atoms with van der Waals surface area (Å²) in [6, 6.07) is 9.89. The van der Waals surface area contributed by atoms with Gasteiger partial charge in [-0.25, -0.2) is 9.97 Å². The van der Waals surface area contributed by atoms with Gasteiger partial charge in [0.2, 0.25) is 0 Å². The number of hydrogen-bond acceptors (Lipinski definition) is 4. The van der Waals surface area contributed by atoms with E-state index in [-0.39, 0.29) is 12.7 Å². The third kappa shape index (κ3) is 2.67. The highest BCUT2D eigenvalue weighted by Crippen LogP contribution is 2.19. The van der Waals surface area contributed by atoms with E-state index in [0.717, 1.165) is 11.0 Å². The van der Waals surface area contributed by atoms with Crippen LogP contribution in [-0.2, 0) is 9.31 Å². The predicted molar refractivity (Wildman–Crippen MR) is 74.0 cm³/mol. The molecule has 2 aromatic rings. The second-order valence-electron chi connectivity index (χ2n) is 5.23. The molecule has 0 bridgehead atoms. The van der Waals surface area contributed by atoms with Crippen molar-refractivity contribution in [2.45, 2.75) is 19.4 Å². The topological polar surface area (TPSA) is 44.2 Å². The van der Waals surface area contributed by atoms with Crippen molar-refractivity contribution in [3.05, 3.63) is 42.7 Å². The van der Waals surface area contributed by atoms with Crippen LogP contribution in [0.2, 0.25) is 0 Å². The number of benzene rings is 1. The molecule has 0 radical (unpaired) electrons. The van der Waals surface area contributed by atoms with Gasteiger partial charge in [0.1, 0.15) is 0 Å². The molecule has 1 aliphatic rings. The summed E-state index contributed by atoms with van der Waals surface area (Å²) in [7, 11) is -0.361. The molecule has 0 saturated carbocycles. The minimum absolute atomic E-state index is 0.247. The molecule has 2 heterocycles. The van der Waals surface area contributed by atoms with Crippen LogP contribution in [-0.4, -0.2) is 29.3 Å². The molecule has 0 aliphatic carbocycles. The van der Waals surface area contributed by atoms with Gasteiger partial charge < -0.3 is 9.31 Å². The van der Waals surface area contributed by atoms with E-state index in [9.17, 15) is 0 Å². The van der Waals surface area contributed by atoms with Gasteiger partial charge in [-0.15, -0.1) is 0 Å². The fraction of sp³-hybridized carbons (Fsp3) is 0.286. The van der Waals surface area contributed by atoms with E-state index in [1.807, 2.05) is 44.2 Å². The van der Waals surface area contributed by atoms with Crippen LogP contribution in [0.15, 0.2) is 42.7 Å². The van der Waals surface area contributed by atoms with Gasteiger partial charge in [-0.1, -0.05) is 30.3 Å². The molecule has 1 saturated heterocycles. The summed E-state index contributed by atoms with van der Waals surface area (Å²) in [6.45, 7) is 4.59. The number of nitrogens with zero attached hydrogens (tertiary/aromatic N) is 2. The molecule has 1 fully saturated rings. The Bertz CT molecular complexity index is 557. The summed E-state index contributed by atoms with van der Waals surface area (Å²) in [5.41, 5.74) is 1.61. The molecule has 4 nitrogen and oxygen atoms in total. The van der Waals surface area contributed by atoms with Crippen LogP contribution in [0.5, 0.6) is 0 Å². The lowest BCUT2D eigenvalue weighted by Gasteiger charge is -2.15. The van der Waals surface area contributed by atoms with E-state index in [2.05, 4.69) is 9.97 Å². The molecule has 0 amide bonds. The summed E-state index contributed by atoms with van der Waals surface area (Å²) in [5.74, 6) is 0.710. The van der Waals surface area contributed by atoms with Crippen LogP contribution in [0.4, 0.5) is 0 Å². The molecule has 0 unspecified atom stereocenters.